The number of hydrogen-bond acceptors (Lipinski definition) is 3. The first-order chi connectivity index (χ1) is 12.5. The summed E-state index contributed by atoms with van der Waals surface area (Å²) in [6, 6.07) is 17.7. The van der Waals surface area contributed by atoms with Gasteiger partial charge >= 0.3 is 0 Å². The van der Waals surface area contributed by atoms with Crippen LogP contribution in [-0.2, 0) is 12.8 Å². The zero-order valence-corrected chi connectivity index (χ0v) is 15.5. The van der Waals surface area contributed by atoms with Gasteiger partial charge in [-0.2, -0.15) is 5.16 Å². The van der Waals surface area contributed by atoms with Crippen molar-refractivity contribution in [1.29, 1.82) is 0 Å². The number of benzene rings is 2. The molecule has 0 saturated heterocycles. The molecule has 0 radical (unpaired) electrons. The summed E-state index contributed by atoms with van der Waals surface area (Å²) in [7, 11) is 0. The first-order valence-corrected chi connectivity index (χ1v) is 9.03. The van der Waals surface area contributed by atoms with Crippen LogP contribution < -0.4 is 10.3 Å². The molecule has 0 bridgehead atoms. The molecule has 1 heterocycles. The van der Waals surface area contributed by atoms with Crippen LogP contribution in [-0.4, -0.2) is 11.3 Å². The fourth-order valence-corrected chi connectivity index (χ4v) is 3.08. The van der Waals surface area contributed by atoms with Crippen LogP contribution in [0.4, 0.5) is 0 Å². The van der Waals surface area contributed by atoms with Crippen LogP contribution in [0.2, 0.25) is 0 Å². The number of aromatic amines is 1. The molecule has 1 unspecified atom stereocenters. The monoisotopic (exact) mass is 351 g/mol. The Bertz CT molecular complexity index is 890. The Morgan fingerprint density at radius 3 is 2.27 bits per heavy atom. The van der Waals surface area contributed by atoms with Crippen LogP contribution in [0.15, 0.2) is 63.9 Å². The van der Waals surface area contributed by atoms with Gasteiger partial charge in [-0.3, -0.25) is 4.79 Å². The summed E-state index contributed by atoms with van der Waals surface area (Å²) in [5.74, 6) is 1.98. The number of aromatic nitrogens is 1. The average molecular weight is 351 g/mol. The molecule has 136 valence electrons. The van der Waals surface area contributed by atoms with Gasteiger partial charge in [-0.25, -0.2) is 0 Å². The van der Waals surface area contributed by atoms with E-state index in [1.165, 1.54) is 17.2 Å². The second kappa shape index (κ2) is 8.09. The van der Waals surface area contributed by atoms with Crippen molar-refractivity contribution in [2.24, 2.45) is 5.92 Å². The molecule has 4 nitrogen and oxygen atoms in total. The number of hydrogen-bond donors (Lipinski definition) is 1. The van der Waals surface area contributed by atoms with Crippen molar-refractivity contribution in [2.45, 2.75) is 39.7 Å². The maximum absolute atomic E-state index is 11.2. The van der Waals surface area contributed by atoms with Gasteiger partial charge in [-0.05, 0) is 54.7 Å². The van der Waals surface area contributed by atoms with Gasteiger partial charge in [0.25, 0.3) is 5.56 Å². The van der Waals surface area contributed by atoms with Crippen molar-refractivity contribution in [3.8, 4) is 17.1 Å². The van der Waals surface area contributed by atoms with Crippen LogP contribution in [0.5, 0.6) is 5.75 Å². The molecule has 0 amide bonds. The first kappa shape index (κ1) is 18.1. The van der Waals surface area contributed by atoms with E-state index in [-0.39, 0.29) is 11.7 Å². The van der Waals surface area contributed by atoms with E-state index in [0.717, 1.165) is 24.2 Å². The highest BCUT2D eigenvalue weighted by Gasteiger charge is 2.08. The third kappa shape index (κ3) is 4.88. The molecule has 3 rings (SSSR count). The van der Waals surface area contributed by atoms with Crippen LogP contribution in [0.1, 0.15) is 31.9 Å². The van der Waals surface area contributed by atoms with E-state index in [9.17, 15) is 4.79 Å². The fraction of sp³-hybridized carbons (Fsp3) is 0.318. The maximum atomic E-state index is 11.2. The van der Waals surface area contributed by atoms with Gasteiger partial charge in [0, 0.05) is 12.0 Å². The topological polar surface area (TPSA) is 55.2 Å². The minimum absolute atomic E-state index is 0.0698. The molecule has 0 fully saturated rings. The van der Waals surface area contributed by atoms with Crippen molar-refractivity contribution in [3.63, 3.8) is 0 Å². The number of H-pyrrole nitrogens is 1. The molecule has 2 aromatic carbocycles. The van der Waals surface area contributed by atoms with Crippen LogP contribution in [0.3, 0.4) is 0 Å². The minimum Gasteiger partial charge on any atom is -0.490 e. The van der Waals surface area contributed by atoms with Crippen molar-refractivity contribution >= 4 is 0 Å². The Morgan fingerprint density at radius 1 is 0.962 bits per heavy atom. The summed E-state index contributed by atoms with van der Waals surface area (Å²) in [5, 5.41) is 2.30. The number of rotatable bonds is 7. The summed E-state index contributed by atoms with van der Waals surface area (Å²) in [4.78, 5) is 11.2. The van der Waals surface area contributed by atoms with Crippen molar-refractivity contribution in [2.75, 3.05) is 0 Å². The molecule has 26 heavy (non-hydrogen) atoms. The van der Waals surface area contributed by atoms with Gasteiger partial charge in [0.1, 0.15) is 5.75 Å². The molecular formula is C22H25NO3. The standard InChI is InChI=1S/C22H25NO3/c1-15(2)11-17-5-4-6-18(13-17)12-16(3)25-20-9-7-19(8-10-20)21-14-22(24)23-26-21/h4-10,13-16H,11-12H2,1-3H3,(H,23,24). The lowest BCUT2D eigenvalue weighted by molar-refractivity contribution is 0.222. The van der Waals surface area contributed by atoms with E-state index in [1.807, 2.05) is 24.3 Å². The Labute approximate surface area is 153 Å². The van der Waals surface area contributed by atoms with E-state index in [4.69, 9.17) is 9.26 Å². The summed E-state index contributed by atoms with van der Waals surface area (Å²) in [6.45, 7) is 6.55. The number of nitrogens with one attached hydrogen (secondary N) is 1. The summed E-state index contributed by atoms with van der Waals surface area (Å²) in [6.07, 6.45) is 2.03. The zero-order valence-electron chi connectivity index (χ0n) is 15.5. The molecule has 1 N–H and O–H groups in total. The Kier molecular flexibility index (Phi) is 5.61. The van der Waals surface area contributed by atoms with Gasteiger partial charge in [-0.1, -0.05) is 38.1 Å². The summed E-state index contributed by atoms with van der Waals surface area (Å²) in [5.41, 5.74) is 3.27. The highest BCUT2D eigenvalue weighted by atomic mass is 16.5. The second-order valence-electron chi connectivity index (χ2n) is 7.15. The first-order valence-electron chi connectivity index (χ1n) is 9.03. The molecule has 1 atom stereocenters. The fourth-order valence-electron chi connectivity index (χ4n) is 3.08. The van der Waals surface area contributed by atoms with Gasteiger partial charge < -0.3 is 9.26 Å². The van der Waals surface area contributed by atoms with Gasteiger partial charge in [0.15, 0.2) is 5.76 Å². The van der Waals surface area contributed by atoms with E-state index in [1.54, 1.807) is 0 Å². The molecule has 0 aliphatic carbocycles. The molecule has 0 spiro atoms. The van der Waals surface area contributed by atoms with Gasteiger partial charge in [0.2, 0.25) is 0 Å². The Morgan fingerprint density at radius 2 is 1.65 bits per heavy atom. The summed E-state index contributed by atoms with van der Waals surface area (Å²) < 4.78 is 11.1. The van der Waals surface area contributed by atoms with Crippen molar-refractivity contribution < 1.29 is 9.26 Å². The molecular weight excluding hydrogens is 326 g/mol. The third-order valence-corrected chi connectivity index (χ3v) is 4.16. The minimum atomic E-state index is -0.242. The second-order valence-corrected chi connectivity index (χ2v) is 7.15. The van der Waals surface area contributed by atoms with Crippen molar-refractivity contribution in [1.82, 2.24) is 5.16 Å². The molecule has 0 aliphatic heterocycles. The third-order valence-electron chi connectivity index (χ3n) is 4.16. The largest absolute Gasteiger partial charge is 0.490 e. The lowest BCUT2D eigenvalue weighted by Gasteiger charge is -2.16. The van der Waals surface area contributed by atoms with E-state index >= 15 is 0 Å². The van der Waals surface area contributed by atoms with E-state index < -0.39 is 0 Å². The highest BCUT2D eigenvalue weighted by Crippen LogP contribution is 2.22. The van der Waals surface area contributed by atoms with Gasteiger partial charge in [-0.15, -0.1) is 0 Å². The Balaban J connectivity index is 1.61. The maximum Gasteiger partial charge on any atom is 0.280 e. The van der Waals surface area contributed by atoms with Crippen molar-refractivity contribution in [3.05, 3.63) is 76.1 Å². The van der Waals surface area contributed by atoms with Crippen LogP contribution in [0, 0.1) is 5.92 Å². The smallest absolute Gasteiger partial charge is 0.280 e. The highest BCUT2D eigenvalue weighted by molar-refractivity contribution is 5.57. The molecule has 4 heteroatoms. The quantitative estimate of drug-likeness (QED) is 0.662. The normalized spacial score (nSPS) is 12.3. The van der Waals surface area contributed by atoms with Crippen LogP contribution >= 0.6 is 0 Å². The predicted molar refractivity (Wildman–Crippen MR) is 104 cm³/mol. The molecule has 0 aliphatic rings. The lowest BCUT2D eigenvalue weighted by Crippen LogP contribution is -2.15. The van der Waals surface area contributed by atoms with Crippen LogP contribution in [0.25, 0.3) is 11.3 Å². The zero-order chi connectivity index (χ0) is 18.5. The van der Waals surface area contributed by atoms with E-state index in [0.29, 0.717) is 11.7 Å². The Hall–Kier alpha value is -2.75. The number of ether oxygens (including phenoxy) is 1. The SMILES string of the molecule is CC(C)Cc1cccc(CC(C)Oc2ccc(-c3cc(=O)[nH]o3)cc2)c1. The summed E-state index contributed by atoms with van der Waals surface area (Å²) >= 11 is 0. The van der Waals surface area contributed by atoms with E-state index in [2.05, 4.69) is 50.2 Å². The molecule has 0 saturated carbocycles. The predicted octanol–water partition coefficient (Wildman–Crippen LogP) is 4.84. The molecule has 3 aromatic rings. The average Bonchev–Trinajstić information content (AvgIpc) is 3.01. The molecule has 1 aromatic heterocycles. The van der Waals surface area contributed by atoms with Gasteiger partial charge in [0.05, 0.1) is 12.2 Å². The lowest BCUT2D eigenvalue weighted by atomic mass is 9.99.